The molecule has 1 saturated heterocycles. The topological polar surface area (TPSA) is 58.4 Å². The zero-order valence-corrected chi connectivity index (χ0v) is 11.2. The molecule has 1 aromatic rings. The number of carboxylic acids is 1. The highest BCUT2D eigenvalue weighted by Crippen LogP contribution is 2.31. The monoisotopic (exact) mass is 251 g/mol. The van der Waals surface area contributed by atoms with Gasteiger partial charge in [-0.3, -0.25) is 14.4 Å². The molecular weight excluding hydrogens is 230 g/mol. The minimum atomic E-state index is -0.689. The van der Waals surface area contributed by atoms with Crippen molar-refractivity contribution in [1.82, 2.24) is 14.7 Å². The lowest BCUT2D eigenvalue weighted by Crippen LogP contribution is -2.51. The van der Waals surface area contributed by atoms with Crippen LogP contribution in [0.15, 0.2) is 12.4 Å². The second-order valence-electron chi connectivity index (χ2n) is 5.15. The van der Waals surface area contributed by atoms with Gasteiger partial charge < -0.3 is 5.11 Å². The molecular formula is C13H21N3O2. The lowest BCUT2D eigenvalue weighted by molar-refractivity contribution is -0.146. The Morgan fingerprint density at radius 2 is 2.22 bits per heavy atom. The Balaban J connectivity index is 1.90. The Labute approximate surface area is 107 Å². The summed E-state index contributed by atoms with van der Waals surface area (Å²) in [6.45, 7) is 8.63. The number of carboxylic acid groups (broad SMARTS) is 1. The number of hydrogen-bond donors (Lipinski definition) is 1. The van der Waals surface area contributed by atoms with Gasteiger partial charge in [-0.1, -0.05) is 6.92 Å². The molecule has 2 rings (SSSR count). The van der Waals surface area contributed by atoms with Crippen LogP contribution in [-0.2, 0) is 11.3 Å². The molecule has 1 N–H and O–H groups in total. The summed E-state index contributed by atoms with van der Waals surface area (Å²) in [6, 6.07) is 0.322. The zero-order valence-electron chi connectivity index (χ0n) is 11.2. The lowest BCUT2D eigenvalue weighted by Gasteiger charge is -2.44. The summed E-state index contributed by atoms with van der Waals surface area (Å²) < 4.78 is 1.92. The third kappa shape index (κ3) is 2.41. The van der Waals surface area contributed by atoms with Gasteiger partial charge in [0.2, 0.25) is 0 Å². The van der Waals surface area contributed by atoms with Gasteiger partial charge in [-0.15, -0.1) is 0 Å². The molecule has 0 spiro atoms. The summed E-state index contributed by atoms with van der Waals surface area (Å²) in [5.74, 6) is -0.649. The molecule has 18 heavy (non-hydrogen) atoms. The van der Waals surface area contributed by atoms with E-state index in [9.17, 15) is 4.79 Å². The molecule has 0 amide bonds. The van der Waals surface area contributed by atoms with Gasteiger partial charge in [0.05, 0.1) is 12.1 Å². The molecule has 1 aliphatic heterocycles. The Morgan fingerprint density at radius 3 is 2.72 bits per heavy atom. The SMILES string of the molecule is CCn1cc(C(C)N2CC(C(C)C(=O)O)C2)cn1. The van der Waals surface area contributed by atoms with Crippen LogP contribution in [0.4, 0.5) is 0 Å². The van der Waals surface area contributed by atoms with E-state index in [0.29, 0.717) is 6.04 Å². The van der Waals surface area contributed by atoms with E-state index in [1.165, 1.54) is 5.56 Å². The maximum absolute atomic E-state index is 10.9. The average Bonchev–Trinajstić information content (AvgIpc) is 2.74. The van der Waals surface area contributed by atoms with Crippen molar-refractivity contribution in [1.29, 1.82) is 0 Å². The molecule has 0 aromatic carbocycles. The fourth-order valence-electron chi connectivity index (χ4n) is 2.36. The van der Waals surface area contributed by atoms with Crippen molar-refractivity contribution in [2.75, 3.05) is 13.1 Å². The van der Waals surface area contributed by atoms with Crippen LogP contribution in [0.3, 0.4) is 0 Å². The van der Waals surface area contributed by atoms with Gasteiger partial charge in [0.15, 0.2) is 0 Å². The van der Waals surface area contributed by atoms with E-state index in [1.807, 2.05) is 10.9 Å². The van der Waals surface area contributed by atoms with E-state index in [-0.39, 0.29) is 11.8 Å². The van der Waals surface area contributed by atoms with Crippen LogP contribution in [0.25, 0.3) is 0 Å². The van der Waals surface area contributed by atoms with Crippen LogP contribution >= 0.6 is 0 Å². The number of nitrogens with zero attached hydrogens (tertiary/aromatic N) is 3. The van der Waals surface area contributed by atoms with E-state index >= 15 is 0 Å². The number of carbonyl (C=O) groups is 1. The molecule has 0 radical (unpaired) electrons. The minimum Gasteiger partial charge on any atom is -0.481 e. The summed E-state index contributed by atoms with van der Waals surface area (Å²) in [7, 11) is 0. The molecule has 1 aromatic heterocycles. The highest BCUT2D eigenvalue weighted by molar-refractivity contribution is 5.70. The van der Waals surface area contributed by atoms with Crippen molar-refractivity contribution in [2.45, 2.75) is 33.4 Å². The molecule has 0 aliphatic carbocycles. The molecule has 5 nitrogen and oxygen atoms in total. The van der Waals surface area contributed by atoms with Gasteiger partial charge in [-0.05, 0) is 19.8 Å². The van der Waals surface area contributed by atoms with E-state index in [2.05, 4.69) is 30.0 Å². The largest absolute Gasteiger partial charge is 0.481 e. The summed E-state index contributed by atoms with van der Waals surface area (Å²) >= 11 is 0. The third-order valence-corrected chi connectivity index (χ3v) is 4.04. The maximum atomic E-state index is 10.9. The predicted octanol–water partition coefficient (Wildman–Crippen LogP) is 1.62. The van der Waals surface area contributed by atoms with Crippen LogP contribution < -0.4 is 0 Å². The Kier molecular flexibility index (Phi) is 3.71. The number of aliphatic carboxylic acids is 1. The van der Waals surface area contributed by atoms with Crippen molar-refractivity contribution in [2.24, 2.45) is 11.8 Å². The van der Waals surface area contributed by atoms with E-state index < -0.39 is 5.97 Å². The van der Waals surface area contributed by atoms with E-state index in [0.717, 1.165) is 19.6 Å². The summed E-state index contributed by atoms with van der Waals surface area (Å²) in [6.07, 6.45) is 3.97. The first kappa shape index (κ1) is 13.1. The molecule has 2 unspecified atom stereocenters. The first-order valence-corrected chi connectivity index (χ1v) is 6.52. The molecule has 1 fully saturated rings. The second-order valence-corrected chi connectivity index (χ2v) is 5.15. The minimum absolute atomic E-state index is 0.244. The third-order valence-electron chi connectivity index (χ3n) is 4.04. The lowest BCUT2D eigenvalue weighted by atomic mass is 9.85. The van der Waals surface area contributed by atoms with Gasteiger partial charge in [0.25, 0.3) is 0 Å². The predicted molar refractivity (Wildman–Crippen MR) is 68.2 cm³/mol. The van der Waals surface area contributed by atoms with E-state index in [1.54, 1.807) is 6.92 Å². The Hall–Kier alpha value is -1.36. The van der Waals surface area contributed by atoms with Gasteiger partial charge >= 0.3 is 5.97 Å². The fraction of sp³-hybridized carbons (Fsp3) is 0.692. The van der Waals surface area contributed by atoms with Crippen LogP contribution in [0.1, 0.15) is 32.4 Å². The van der Waals surface area contributed by atoms with Crippen molar-refractivity contribution in [3.8, 4) is 0 Å². The average molecular weight is 251 g/mol. The number of likely N-dealkylation sites (tertiary alicyclic amines) is 1. The zero-order chi connectivity index (χ0) is 13.3. The Morgan fingerprint density at radius 1 is 1.56 bits per heavy atom. The highest BCUT2D eigenvalue weighted by Gasteiger charge is 2.37. The first-order chi connectivity index (χ1) is 8.52. The van der Waals surface area contributed by atoms with Gasteiger partial charge in [-0.25, -0.2) is 0 Å². The maximum Gasteiger partial charge on any atom is 0.306 e. The van der Waals surface area contributed by atoms with Gasteiger partial charge in [-0.2, -0.15) is 5.10 Å². The molecule has 100 valence electrons. The smallest absolute Gasteiger partial charge is 0.306 e. The molecule has 2 atom stereocenters. The molecule has 5 heteroatoms. The number of aromatic nitrogens is 2. The van der Waals surface area contributed by atoms with Crippen LogP contribution in [0.2, 0.25) is 0 Å². The fourth-order valence-corrected chi connectivity index (χ4v) is 2.36. The standard InChI is InChI=1S/C13H21N3O2/c1-4-16-8-11(5-14-16)10(3)15-6-12(7-15)9(2)13(17)18/h5,8-10,12H,4,6-7H2,1-3H3,(H,17,18). The molecule has 2 heterocycles. The number of aryl methyl sites for hydroxylation is 1. The van der Waals surface area contributed by atoms with Crippen LogP contribution in [-0.4, -0.2) is 38.8 Å². The van der Waals surface area contributed by atoms with Crippen molar-refractivity contribution >= 4 is 5.97 Å². The number of rotatable bonds is 5. The van der Waals surface area contributed by atoms with Crippen molar-refractivity contribution < 1.29 is 9.90 Å². The van der Waals surface area contributed by atoms with Crippen molar-refractivity contribution in [3.63, 3.8) is 0 Å². The van der Waals surface area contributed by atoms with Crippen LogP contribution in [0.5, 0.6) is 0 Å². The van der Waals surface area contributed by atoms with Crippen LogP contribution in [0, 0.1) is 11.8 Å². The first-order valence-electron chi connectivity index (χ1n) is 6.52. The van der Waals surface area contributed by atoms with Crippen molar-refractivity contribution in [3.05, 3.63) is 18.0 Å². The summed E-state index contributed by atoms with van der Waals surface area (Å²) in [4.78, 5) is 13.2. The van der Waals surface area contributed by atoms with Gasteiger partial charge in [0.1, 0.15) is 0 Å². The van der Waals surface area contributed by atoms with Gasteiger partial charge in [0, 0.05) is 37.4 Å². The van der Waals surface area contributed by atoms with E-state index in [4.69, 9.17) is 5.11 Å². The summed E-state index contributed by atoms with van der Waals surface area (Å²) in [5.41, 5.74) is 1.21. The molecule has 0 bridgehead atoms. The second kappa shape index (κ2) is 5.10. The summed E-state index contributed by atoms with van der Waals surface area (Å²) in [5, 5.41) is 13.2. The normalized spacial score (nSPS) is 20.4. The molecule has 0 saturated carbocycles. The molecule has 1 aliphatic rings. The Bertz CT molecular complexity index is 424. The highest BCUT2D eigenvalue weighted by atomic mass is 16.4. The number of hydrogen-bond acceptors (Lipinski definition) is 3. The quantitative estimate of drug-likeness (QED) is 0.864.